The van der Waals surface area contributed by atoms with Crippen LogP contribution in [-0.4, -0.2) is 10.9 Å². The third-order valence-electron chi connectivity index (χ3n) is 4.77. The number of carbonyl (C=O) groups excluding carboxylic acids is 1. The minimum absolute atomic E-state index is 0.424. The van der Waals surface area contributed by atoms with Crippen LogP contribution in [0.15, 0.2) is 97.2 Å². The molecule has 136 valence electrons. The molecule has 1 amide bonds. The van der Waals surface area contributed by atoms with Gasteiger partial charge in [0, 0.05) is 18.3 Å². The van der Waals surface area contributed by atoms with Crippen molar-refractivity contribution in [2.24, 2.45) is 5.73 Å². The minimum Gasteiger partial charge on any atom is -0.366 e. The van der Waals surface area contributed by atoms with Crippen LogP contribution in [0.25, 0.3) is 22.3 Å². The molecule has 0 fully saturated rings. The van der Waals surface area contributed by atoms with Gasteiger partial charge in [-0.2, -0.15) is 0 Å². The third-order valence-corrected chi connectivity index (χ3v) is 4.77. The fraction of sp³-hybridized carbons (Fsp3) is 0.0400. The van der Waals surface area contributed by atoms with Crippen molar-refractivity contribution >= 4 is 5.91 Å². The molecule has 0 aliphatic heterocycles. The van der Waals surface area contributed by atoms with Crippen LogP contribution in [-0.2, 0) is 6.42 Å². The van der Waals surface area contributed by atoms with Gasteiger partial charge in [-0.15, -0.1) is 0 Å². The maximum absolute atomic E-state index is 12.3. The molecule has 3 aromatic carbocycles. The topological polar surface area (TPSA) is 56.0 Å². The second kappa shape index (κ2) is 7.89. The number of primary amides is 1. The monoisotopic (exact) mass is 364 g/mol. The number of carbonyl (C=O) groups is 1. The second-order valence-electron chi connectivity index (χ2n) is 6.65. The average molecular weight is 364 g/mol. The number of aromatic nitrogens is 1. The number of rotatable bonds is 5. The zero-order valence-corrected chi connectivity index (χ0v) is 15.4. The minimum atomic E-state index is -0.424. The number of hydrogen-bond acceptors (Lipinski definition) is 2. The Kier molecular flexibility index (Phi) is 4.98. The largest absolute Gasteiger partial charge is 0.366 e. The van der Waals surface area contributed by atoms with Gasteiger partial charge in [0.15, 0.2) is 0 Å². The quantitative estimate of drug-likeness (QED) is 0.535. The van der Waals surface area contributed by atoms with E-state index in [9.17, 15) is 4.79 Å². The molecule has 2 N–H and O–H groups in total. The molecule has 0 aliphatic rings. The van der Waals surface area contributed by atoms with E-state index < -0.39 is 5.91 Å². The van der Waals surface area contributed by atoms with Crippen LogP contribution < -0.4 is 5.73 Å². The van der Waals surface area contributed by atoms with Crippen molar-refractivity contribution in [1.29, 1.82) is 0 Å². The van der Waals surface area contributed by atoms with Gasteiger partial charge in [-0.3, -0.25) is 9.78 Å². The maximum atomic E-state index is 12.3. The standard InChI is InChI=1S/C25H20N2O/c26-25(28)24-22(19-7-2-1-3-8-19)10-6-11-23(24)20-14-12-18(13-15-20)17-21-9-4-5-16-27-21/h1-16H,17H2,(H2,26,28). The van der Waals surface area contributed by atoms with Crippen LogP contribution in [0.5, 0.6) is 0 Å². The van der Waals surface area contributed by atoms with E-state index in [0.717, 1.165) is 34.4 Å². The molecule has 0 saturated heterocycles. The molecule has 1 heterocycles. The number of hydrogen-bond donors (Lipinski definition) is 1. The van der Waals surface area contributed by atoms with Crippen molar-refractivity contribution in [2.45, 2.75) is 6.42 Å². The highest BCUT2D eigenvalue weighted by atomic mass is 16.1. The molecule has 0 unspecified atom stereocenters. The summed E-state index contributed by atoms with van der Waals surface area (Å²) in [6.07, 6.45) is 2.58. The van der Waals surface area contributed by atoms with Gasteiger partial charge in [0.2, 0.25) is 5.91 Å². The molecule has 0 atom stereocenters. The summed E-state index contributed by atoms with van der Waals surface area (Å²) in [4.78, 5) is 16.7. The summed E-state index contributed by atoms with van der Waals surface area (Å²) in [6, 6.07) is 29.8. The predicted octanol–water partition coefficient (Wildman–Crippen LogP) is 5.11. The molecule has 1 aromatic heterocycles. The first-order valence-electron chi connectivity index (χ1n) is 9.20. The average Bonchev–Trinajstić information content (AvgIpc) is 2.75. The molecule has 0 aliphatic carbocycles. The first-order chi connectivity index (χ1) is 13.7. The fourth-order valence-electron chi connectivity index (χ4n) is 3.43. The summed E-state index contributed by atoms with van der Waals surface area (Å²) in [7, 11) is 0. The lowest BCUT2D eigenvalue weighted by Crippen LogP contribution is -2.14. The van der Waals surface area contributed by atoms with Gasteiger partial charge < -0.3 is 5.73 Å². The van der Waals surface area contributed by atoms with Crippen LogP contribution in [0.3, 0.4) is 0 Å². The maximum Gasteiger partial charge on any atom is 0.249 e. The Balaban J connectivity index is 1.72. The lowest BCUT2D eigenvalue weighted by atomic mass is 9.91. The Morgan fingerprint density at radius 2 is 1.36 bits per heavy atom. The SMILES string of the molecule is NC(=O)c1c(-c2ccccc2)cccc1-c1ccc(Cc2ccccn2)cc1. The lowest BCUT2D eigenvalue weighted by molar-refractivity contribution is 0.100. The molecular weight excluding hydrogens is 344 g/mol. The molecule has 0 bridgehead atoms. The van der Waals surface area contributed by atoms with E-state index in [1.165, 1.54) is 5.56 Å². The van der Waals surface area contributed by atoms with Crippen LogP contribution in [0.1, 0.15) is 21.6 Å². The summed E-state index contributed by atoms with van der Waals surface area (Å²) in [5.74, 6) is -0.424. The van der Waals surface area contributed by atoms with E-state index in [1.807, 2.05) is 78.9 Å². The Labute approximate surface area is 164 Å². The van der Waals surface area contributed by atoms with Gasteiger partial charge in [-0.25, -0.2) is 0 Å². The zero-order valence-electron chi connectivity index (χ0n) is 15.4. The first kappa shape index (κ1) is 17.7. The van der Waals surface area contributed by atoms with Crippen molar-refractivity contribution in [1.82, 2.24) is 4.98 Å². The third kappa shape index (κ3) is 3.69. The summed E-state index contributed by atoms with van der Waals surface area (Å²) >= 11 is 0. The molecule has 4 aromatic rings. The Morgan fingerprint density at radius 1 is 0.714 bits per heavy atom. The molecule has 28 heavy (non-hydrogen) atoms. The molecule has 4 rings (SSSR count). The van der Waals surface area contributed by atoms with Gasteiger partial charge in [0.05, 0.1) is 5.56 Å². The Hall–Kier alpha value is -3.72. The summed E-state index contributed by atoms with van der Waals surface area (Å²) in [6.45, 7) is 0. The molecule has 0 radical (unpaired) electrons. The number of benzene rings is 3. The Bertz CT molecular complexity index is 1090. The van der Waals surface area contributed by atoms with E-state index >= 15 is 0 Å². The van der Waals surface area contributed by atoms with E-state index in [4.69, 9.17) is 5.73 Å². The molecule has 0 saturated carbocycles. The number of pyridine rings is 1. The van der Waals surface area contributed by atoms with E-state index in [0.29, 0.717) is 5.56 Å². The predicted molar refractivity (Wildman–Crippen MR) is 113 cm³/mol. The van der Waals surface area contributed by atoms with Crippen molar-refractivity contribution in [3.63, 3.8) is 0 Å². The number of nitrogens with two attached hydrogens (primary N) is 1. The van der Waals surface area contributed by atoms with Crippen LogP contribution in [0.2, 0.25) is 0 Å². The second-order valence-corrected chi connectivity index (χ2v) is 6.65. The smallest absolute Gasteiger partial charge is 0.249 e. The van der Waals surface area contributed by atoms with Crippen LogP contribution in [0, 0.1) is 0 Å². The van der Waals surface area contributed by atoms with Gasteiger partial charge in [-0.05, 0) is 39.9 Å². The van der Waals surface area contributed by atoms with E-state index in [-0.39, 0.29) is 0 Å². The van der Waals surface area contributed by atoms with Crippen LogP contribution >= 0.6 is 0 Å². The van der Waals surface area contributed by atoms with Gasteiger partial charge >= 0.3 is 0 Å². The highest BCUT2D eigenvalue weighted by Crippen LogP contribution is 2.32. The summed E-state index contributed by atoms with van der Waals surface area (Å²) in [5.41, 5.74) is 12.2. The van der Waals surface area contributed by atoms with Gasteiger partial charge in [-0.1, -0.05) is 78.9 Å². The van der Waals surface area contributed by atoms with Crippen LogP contribution in [0.4, 0.5) is 0 Å². The summed E-state index contributed by atoms with van der Waals surface area (Å²) in [5, 5.41) is 0. The van der Waals surface area contributed by atoms with Crippen molar-refractivity contribution < 1.29 is 4.79 Å². The van der Waals surface area contributed by atoms with Crippen molar-refractivity contribution in [2.75, 3.05) is 0 Å². The Morgan fingerprint density at radius 3 is 1.96 bits per heavy atom. The van der Waals surface area contributed by atoms with Gasteiger partial charge in [0.1, 0.15) is 0 Å². The number of amides is 1. The summed E-state index contributed by atoms with van der Waals surface area (Å²) < 4.78 is 0. The number of nitrogens with zero attached hydrogens (tertiary/aromatic N) is 1. The normalized spacial score (nSPS) is 10.6. The zero-order chi connectivity index (χ0) is 19.3. The molecule has 3 nitrogen and oxygen atoms in total. The lowest BCUT2D eigenvalue weighted by Gasteiger charge is -2.13. The van der Waals surface area contributed by atoms with Gasteiger partial charge in [0.25, 0.3) is 0 Å². The van der Waals surface area contributed by atoms with E-state index in [2.05, 4.69) is 17.1 Å². The van der Waals surface area contributed by atoms with Crippen molar-refractivity contribution in [3.05, 3.63) is 114 Å². The van der Waals surface area contributed by atoms with Crippen molar-refractivity contribution in [3.8, 4) is 22.3 Å². The fourth-order valence-corrected chi connectivity index (χ4v) is 3.43. The molecule has 3 heteroatoms. The van der Waals surface area contributed by atoms with E-state index in [1.54, 1.807) is 6.20 Å². The highest BCUT2D eigenvalue weighted by molar-refractivity contribution is 6.06. The molecular formula is C25H20N2O. The molecule has 0 spiro atoms. The highest BCUT2D eigenvalue weighted by Gasteiger charge is 2.16. The first-order valence-corrected chi connectivity index (χ1v) is 9.20.